The van der Waals surface area contributed by atoms with E-state index in [1.165, 1.54) is 5.56 Å². The van der Waals surface area contributed by atoms with E-state index in [-0.39, 0.29) is 17.0 Å². The van der Waals surface area contributed by atoms with Crippen LogP contribution in [-0.4, -0.2) is 11.3 Å². The summed E-state index contributed by atoms with van der Waals surface area (Å²) in [5, 5.41) is 0. The van der Waals surface area contributed by atoms with Gasteiger partial charge in [-0.2, -0.15) is 0 Å². The van der Waals surface area contributed by atoms with Crippen molar-refractivity contribution in [3.8, 4) is 0 Å². The molecule has 0 aliphatic heterocycles. The van der Waals surface area contributed by atoms with Gasteiger partial charge in [0.2, 0.25) is 0 Å². The highest BCUT2D eigenvalue weighted by molar-refractivity contribution is 9.10. The van der Waals surface area contributed by atoms with Crippen LogP contribution in [0.25, 0.3) is 0 Å². The van der Waals surface area contributed by atoms with Gasteiger partial charge in [-0.3, -0.25) is 4.98 Å². The Bertz CT molecular complexity index is 528. The van der Waals surface area contributed by atoms with Crippen LogP contribution in [0.5, 0.6) is 0 Å². The van der Waals surface area contributed by atoms with Gasteiger partial charge in [0.05, 0.1) is 0 Å². The summed E-state index contributed by atoms with van der Waals surface area (Å²) in [6, 6.07) is 11.8. The third-order valence-electron chi connectivity index (χ3n) is 3.03. The molecule has 2 nitrogen and oxygen atoms in total. The molecule has 1 unspecified atom stereocenters. The number of benzene rings is 1. The molecular formula is C15H15Br2NO. The largest absolute Gasteiger partial charge is 0.301 e. The van der Waals surface area contributed by atoms with Crippen molar-refractivity contribution in [3.63, 3.8) is 0 Å². The molecule has 0 saturated heterocycles. The second-order valence-corrected chi connectivity index (χ2v) is 5.37. The van der Waals surface area contributed by atoms with E-state index < -0.39 is 4.32 Å². The summed E-state index contributed by atoms with van der Waals surface area (Å²) in [5.74, 6) is 0. The van der Waals surface area contributed by atoms with Crippen molar-refractivity contribution in [2.75, 3.05) is 0 Å². The number of hydrogen-bond donors (Lipinski definition) is 0. The lowest BCUT2D eigenvalue weighted by Crippen LogP contribution is -2.21. The molecule has 0 aliphatic carbocycles. The maximum absolute atomic E-state index is 11.5. The molecule has 0 saturated carbocycles. The first-order valence-corrected chi connectivity index (χ1v) is 6.65. The van der Waals surface area contributed by atoms with Gasteiger partial charge in [-0.1, -0.05) is 53.2 Å². The monoisotopic (exact) mass is 383 g/mol. The summed E-state index contributed by atoms with van der Waals surface area (Å²) >= 11 is 3.54. The average molecular weight is 385 g/mol. The van der Waals surface area contributed by atoms with Crippen molar-refractivity contribution in [2.24, 2.45) is 0 Å². The van der Waals surface area contributed by atoms with E-state index in [1.54, 1.807) is 12.4 Å². The average Bonchev–Trinajstić information content (AvgIpc) is 2.47. The van der Waals surface area contributed by atoms with Gasteiger partial charge in [0.1, 0.15) is 10.6 Å². The first-order chi connectivity index (χ1) is 8.70. The molecule has 0 spiro atoms. The zero-order chi connectivity index (χ0) is 13.0. The Hall–Kier alpha value is -1.00. The fourth-order valence-electron chi connectivity index (χ4n) is 1.86. The standard InChI is InChI=1S/C15H14BrNO.BrH/c1-2-12-5-7-13(8-6-12)15(16,11-18)14-4-3-9-17-10-14;/h3-11H,2H2,1H3;1H. The van der Waals surface area contributed by atoms with Crippen LogP contribution in [0.2, 0.25) is 0 Å². The van der Waals surface area contributed by atoms with E-state index in [0.717, 1.165) is 23.8 Å². The topological polar surface area (TPSA) is 30.0 Å². The second kappa shape index (κ2) is 6.96. The summed E-state index contributed by atoms with van der Waals surface area (Å²) < 4.78 is -0.812. The predicted molar refractivity (Wildman–Crippen MR) is 86.2 cm³/mol. The van der Waals surface area contributed by atoms with E-state index in [0.29, 0.717) is 0 Å². The SMILES string of the molecule is Br.CCc1ccc(C(Br)(C=O)c2cccnc2)cc1. The highest BCUT2D eigenvalue weighted by Crippen LogP contribution is 2.36. The summed E-state index contributed by atoms with van der Waals surface area (Å²) in [7, 11) is 0. The first-order valence-electron chi connectivity index (χ1n) is 5.86. The minimum atomic E-state index is -0.812. The van der Waals surface area contributed by atoms with Crippen LogP contribution < -0.4 is 0 Å². The lowest BCUT2D eigenvalue weighted by molar-refractivity contribution is -0.109. The van der Waals surface area contributed by atoms with E-state index >= 15 is 0 Å². The number of alkyl halides is 1. The number of halogens is 2. The number of aromatic nitrogens is 1. The quantitative estimate of drug-likeness (QED) is 0.587. The molecule has 0 aliphatic rings. The smallest absolute Gasteiger partial charge is 0.145 e. The summed E-state index contributed by atoms with van der Waals surface area (Å²) in [6.07, 6.45) is 5.30. The van der Waals surface area contributed by atoms with Crippen LogP contribution in [0.4, 0.5) is 0 Å². The Balaban J connectivity index is 0.00000180. The molecular weight excluding hydrogens is 370 g/mol. The molecule has 4 heteroatoms. The van der Waals surface area contributed by atoms with Gasteiger partial charge < -0.3 is 4.79 Å². The van der Waals surface area contributed by atoms with Crippen molar-refractivity contribution < 1.29 is 4.79 Å². The normalized spacial score (nSPS) is 13.2. The Kier molecular flexibility index (Phi) is 5.88. The molecule has 0 radical (unpaired) electrons. The molecule has 0 bridgehead atoms. The number of aryl methyl sites for hydroxylation is 1. The van der Waals surface area contributed by atoms with Crippen LogP contribution in [0.15, 0.2) is 48.8 Å². The fourth-order valence-corrected chi connectivity index (χ4v) is 2.36. The van der Waals surface area contributed by atoms with Crippen molar-refractivity contribution in [1.29, 1.82) is 0 Å². The van der Waals surface area contributed by atoms with E-state index in [1.807, 2.05) is 36.4 Å². The molecule has 19 heavy (non-hydrogen) atoms. The van der Waals surface area contributed by atoms with Crippen LogP contribution in [0.3, 0.4) is 0 Å². The van der Waals surface area contributed by atoms with E-state index in [4.69, 9.17) is 0 Å². The Morgan fingerprint density at radius 3 is 2.37 bits per heavy atom. The van der Waals surface area contributed by atoms with Crippen molar-refractivity contribution in [2.45, 2.75) is 17.7 Å². The molecule has 1 heterocycles. The number of aldehydes is 1. The zero-order valence-corrected chi connectivity index (χ0v) is 13.8. The van der Waals surface area contributed by atoms with Gasteiger partial charge in [0.25, 0.3) is 0 Å². The Morgan fingerprint density at radius 2 is 1.89 bits per heavy atom. The molecule has 1 aromatic carbocycles. The second-order valence-electron chi connectivity index (χ2n) is 4.12. The fraction of sp³-hybridized carbons (Fsp3) is 0.200. The maximum Gasteiger partial charge on any atom is 0.145 e. The molecule has 2 aromatic rings. The molecule has 0 N–H and O–H groups in total. The number of rotatable bonds is 4. The summed E-state index contributed by atoms with van der Waals surface area (Å²) in [4.78, 5) is 15.6. The molecule has 0 amide bonds. The summed E-state index contributed by atoms with van der Waals surface area (Å²) in [6.45, 7) is 2.11. The van der Waals surface area contributed by atoms with Gasteiger partial charge in [-0.05, 0) is 29.2 Å². The molecule has 1 atom stereocenters. The lowest BCUT2D eigenvalue weighted by Gasteiger charge is -2.21. The molecule has 100 valence electrons. The Labute approximate surface area is 132 Å². The van der Waals surface area contributed by atoms with E-state index in [9.17, 15) is 4.79 Å². The lowest BCUT2D eigenvalue weighted by atomic mass is 9.92. The molecule has 2 rings (SSSR count). The van der Waals surface area contributed by atoms with Gasteiger partial charge in [0.15, 0.2) is 0 Å². The van der Waals surface area contributed by atoms with Gasteiger partial charge in [-0.25, -0.2) is 0 Å². The van der Waals surface area contributed by atoms with Crippen LogP contribution >= 0.6 is 32.9 Å². The van der Waals surface area contributed by atoms with Crippen molar-refractivity contribution in [3.05, 3.63) is 65.5 Å². The first kappa shape index (κ1) is 16.1. The minimum Gasteiger partial charge on any atom is -0.301 e. The molecule has 0 fully saturated rings. The Morgan fingerprint density at radius 1 is 1.21 bits per heavy atom. The zero-order valence-electron chi connectivity index (χ0n) is 10.5. The predicted octanol–water partition coefficient (Wildman–Crippen LogP) is 4.06. The number of carbonyl (C=O) groups is 1. The number of carbonyl (C=O) groups excluding carboxylic acids is 1. The van der Waals surface area contributed by atoms with Crippen LogP contribution in [-0.2, 0) is 15.5 Å². The van der Waals surface area contributed by atoms with Crippen molar-refractivity contribution in [1.82, 2.24) is 4.98 Å². The van der Waals surface area contributed by atoms with Gasteiger partial charge in [-0.15, -0.1) is 17.0 Å². The third kappa shape index (κ3) is 3.31. The maximum atomic E-state index is 11.5. The number of nitrogens with zero attached hydrogens (tertiary/aromatic N) is 1. The summed E-state index contributed by atoms with van der Waals surface area (Å²) in [5.41, 5.74) is 3.01. The van der Waals surface area contributed by atoms with Gasteiger partial charge in [0, 0.05) is 12.4 Å². The van der Waals surface area contributed by atoms with Crippen LogP contribution in [0.1, 0.15) is 23.6 Å². The van der Waals surface area contributed by atoms with E-state index in [2.05, 4.69) is 27.8 Å². The number of pyridine rings is 1. The van der Waals surface area contributed by atoms with Gasteiger partial charge >= 0.3 is 0 Å². The highest BCUT2D eigenvalue weighted by atomic mass is 79.9. The molecule has 1 aromatic heterocycles. The van der Waals surface area contributed by atoms with Crippen molar-refractivity contribution >= 4 is 39.2 Å². The van der Waals surface area contributed by atoms with Crippen LogP contribution in [0, 0.1) is 0 Å². The minimum absolute atomic E-state index is 0. The highest BCUT2D eigenvalue weighted by Gasteiger charge is 2.30. The number of hydrogen-bond acceptors (Lipinski definition) is 2. The third-order valence-corrected chi connectivity index (χ3v) is 4.13.